The molecule has 1 aromatic carbocycles. The first kappa shape index (κ1) is 4.49. The van der Waals surface area contributed by atoms with Crippen LogP contribution in [0.2, 0.25) is 0 Å². The molecule has 2 N–H and O–H groups in total. The highest BCUT2D eigenvalue weighted by Gasteiger charge is 2.22. The van der Waals surface area contributed by atoms with Crippen molar-refractivity contribution in [1.82, 2.24) is 15.2 Å². The van der Waals surface area contributed by atoms with Crippen LogP contribution in [0, 0.1) is 0 Å². The molecule has 5 heteroatoms. The number of carbonyl (C=O) groups excluding carboxylic acids is 1. The molecule has 5 nitrogen and oxygen atoms in total. The molecule has 1 fully saturated rings. The smallest absolute Gasteiger partial charge is 0.407 e. The highest BCUT2D eigenvalue weighted by molar-refractivity contribution is 5.84. The van der Waals surface area contributed by atoms with Crippen molar-refractivity contribution in [2.24, 2.45) is 0 Å². The maximum Gasteiger partial charge on any atom is 0.407 e. The van der Waals surface area contributed by atoms with Crippen molar-refractivity contribution in [3.63, 3.8) is 0 Å². The van der Waals surface area contributed by atoms with Crippen molar-refractivity contribution in [3.8, 4) is 0 Å². The van der Waals surface area contributed by atoms with E-state index in [-0.39, 0.29) is 4.90 Å². The number of hydrogen-bond acceptors (Lipinski definition) is 3. The number of ether oxygens (including phenoxy) is 1. The van der Waals surface area contributed by atoms with E-state index in [4.69, 9.17) is 21.9 Å². The maximum atomic E-state index is 11.6. The monoisotopic (exact) mass is 303 g/mol. The van der Waals surface area contributed by atoms with E-state index in [1.165, 1.54) is 0 Å². The molecule has 0 spiro atoms. The van der Waals surface area contributed by atoms with Crippen LogP contribution >= 0.6 is 0 Å². The third kappa shape index (κ3) is 3.19. The van der Waals surface area contributed by atoms with Crippen LogP contribution < -0.4 is 5.32 Å². The summed E-state index contributed by atoms with van der Waals surface area (Å²) in [5, 5.41) is 1.32. The van der Waals surface area contributed by atoms with Crippen LogP contribution in [-0.4, -0.2) is 49.1 Å². The summed E-state index contributed by atoms with van der Waals surface area (Å²) in [4.78, 5) is 13.8. The van der Waals surface area contributed by atoms with Gasteiger partial charge in [-0.3, -0.25) is 0 Å². The molecule has 1 aliphatic heterocycles. The third-order valence-corrected chi connectivity index (χ3v) is 2.61. The number of cyclic esters (lactones) is 1. The van der Waals surface area contributed by atoms with Gasteiger partial charge in [-0.25, -0.2) is 4.79 Å². The zero-order valence-electron chi connectivity index (χ0n) is 26.5. The lowest BCUT2D eigenvalue weighted by atomic mass is 10.0. The molecule has 0 aliphatic carbocycles. The van der Waals surface area contributed by atoms with Crippen molar-refractivity contribution >= 4 is 17.0 Å². The summed E-state index contributed by atoms with van der Waals surface area (Å²) in [5.41, 5.74) is -2.13. The molecule has 1 amide bonds. The van der Waals surface area contributed by atoms with E-state index in [1.54, 1.807) is 0 Å². The van der Waals surface area contributed by atoms with Gasteiger partial charge in [-0.1, -0.05) is 6.04 Å². The molecule has 0 saturated carbocycles. The molecular formula is C16H21N3O2. The minimum atomic E-state index is -3.29. The fourth-order valence-electron chi connectivity index (χ4n) is 1.74. The summed E-state index contributed by atoms with van der Waals surface area (Å²) in [6, 6.07) is -4.75. The Morgan fingerprint density at radius 2 is 2.52 bits per heavy atom. The molecule has 0 radical (unpaired) electrons. The summed E-state index contributed by atoms with van der Waals surface area (Å²) >= 11 is 0. The van der Waals surface area contributed by atoms with Gasteiger partial charge in [0.1, 0.15) is 6.56 Å². The fourth-order valence-corrected chi connectivity index (χ4v) is 1.74. The zero-order chi connectivity index (χ0) is 28.7. The van der Waals surface area contributed by atoms with Gasteiger partial charge in [-0.2, -0.15) is 0 Å². The number of H-pyrrole nitrogens is 1. The number of aromatic amines is 1. The SMILES string of the molecule is [2H]c1[nH]c2c([2H])c([2H])c(C([2H])([2H])[C@@H]3NC(=O)OC3([2H])[2H])c([2H])c2c1C([2H])([2H])CN(C([2H])([2H])[2H])C([2H])([2H])[2H]. The highest BCUT2D eigenvalue weighted by Crippen LogP contribution is 2.21. The van der Waals surface area contributed by atoms with Crippen molar-refractivity contribution < 1.29 is 31.5 Å². The van der Waals surface area contributed by atoms with Crippen molar-refractivity contribution in [1.29, 1.82) is 0 Å². The molecule has 1 aromatic heterocycles. The predicted molar refractivity (Wildman–Crippen MR) is 82.5 cm³/mol. The standard InChI is InChI=1S/C16H21N3O2/c1-19(2)6-5-12-9-17-15-4-3-11(8-14(12)15)7-13-10-21-16(20)18-13/h3-4,8-9,13,17H,5-7,10H2,1-2H3,(H,18,20)/t13-/m0/s1/i1D3,2D3,3D,4D,5D2,7D2,8D,9D,10D2. The predicted octanol–water partition coefficient (Wildman–Crippen LogP) is 1.92. The number of rotatable bonds is 5. The van der Waals surface area contributed by atoms with E-state index >= 15 is 0 Å². The number of carbonyl (C=O) groups is 1. The van der Waals surface area contributed by atoms with Crippen LogP contribution in [-0.2, 0) is 17.5 Å². The third-order valence-electron chi connectivity index (χ3n) is 2.61. The average Bonchev–Trinajstić information content (AvgIpc) is 3.18. The van der Waals surface area contributed by atoms with E-state index in [9.17, 15) is 4.79 Å². The zero-order valence-corrected chi connectivity index (χ0v) is 10.5. The van der Waals surface area contributed by atoms with E-state index in [0.29, 0.717) is 0 Å². The minimum Gasteiger partial charge on any atom is -0.447 e. The first-order valence-corrected chi connectivity index (χ1v) is 5.85. The molecular weight excluding hydrogens is 266 g/mol. The number of likely N-dealkylation sites (N-methyl/N-ethyl adjacent to an activating group) is 1. The molecule has 0 unspecified atom stereocenters. The van der Waals surface area contributed by atoms with Crippen molar-refractivity contribution in [2.45, 2.75) is 18.8 Å². The largest absolute Gasteiger partial charge is 0.447 e. The Labute approximate surface area is 146 Å². The second-order valence-electron chi connectivity index (χ2n) is 4.12. The van der Waals surface area contributed by atoms with E-state index < -0.39 is 98.3 Å². The summed E-state index contributed by atoms with van der Waals surface area (Å²) in [5.74, 6) is 0. The Morgan fingerprint density at radius 3 is 3.29 bits per heavy atom. The molecule has 2 heterocycles. The van der Waals surface area contributed by atoms with Crippen LogP contribution in [0.5, 0.6) is 0 Å². The lowest BCUT2D eigenvalue weighted by molar-refractivity contribution is 0.177. The summed E-state index contributed by atoms with van der Waals surface area (Å²) in [6.07, 6.45) is -8.12. The normalized spacial score (nSPS) is 34.3. The molecule has 1 aliphatic rings. The molecule has 21 heavy (non-hydrogen) atoms. The average molecular weight is 303 g/mol. The number of fused-ring (bicyclic) bond motifs is 1. The summed E-state index contributed by atoms with van der Waals surface area (Å²) in [7, 11) is 0. The number of amides is 1. The Hall–Kier alpha value is -2.01. The number of nitrogens with zero attached hydrogens (tertiary/aromatic N) is 1. The first-order chi connectivity index (χ1) is 16.4. The molecule has 112 valence electrons. The van der Waals surface area contributed by atoms with Gasteiger partial charge in [0, 0.05) is 37.3 Å². The van der Waals surface area contributed by atoms with Crippen LogP contribution in [0.25, 0.3) is 10.9 Å². The van der Waals surface area contributed by atoms with Gasteiger partial charge < -0.3 is 19.9 Å². The molecule has 3 rings (SSSR count). The van der Waals surface area contributed by atoms with Gasteiger partial charge >= 0.3 is 6.09 Å². The van der Waals surface area contributed by atoms with E-state index in [2.05, 4.69) is 9.72 Å². The number of nitrogens with one attached hydrogen (secondary N) is 2. The van der Waals surface area contributed by atoms with Crippen LogP contribution in [0.1, 0.15) is 33.1 Å². The second-order valence-corrected chi connectivity index (χ2v) is 4.12. The lowest BCUT2D eigenvalue weighted by Gasteiger charge is -2.09. The molecule has 1 saturated heterocycles. The van der Waals surface area contributed by atoms with E-state index in [0.717, 1.165) is 0 Å². The Balaban J connectivity index is 2.31. The van der Waals surface area contributed by atoms with Gasteiger partial charge in [0.15, 0.2) is 0 Å². The Bertz CT molecular complexity index is 1230. The number of alkyl carbamates (subject to hydrolysis) is 1. The van der Waals surface area contributed by atoms with Crippen LogP contribution in [0.4, 0.5) is 4.79 Å². The van der Waals surface area contributed by atoms with Crippen LogP contribution in [0.15, 0.2) is 24.3 Å². The first-order valence-electron chi connectivity index (χ1n) is 13.8. The van der Waals surface area contributed by atoms with Crippen LogP contribution in [0.3, 0.4) is 0 Å². The Kier molecular flexibility index (Phi) is 1.23. The van der Waals surface area contributed by atoms with Gasteiger partial charge in [0.25, 0.3) is 0 Å². The second kappa shape index (κ2) is 5.77. The molecule has 0 bridgehead atoms. The fraction of sp³-hybridized carbons (Fsp3) is 0.438. The minimum absolute atomic E-state index is 0.0948. The van der Waals surface area contributed by atoms with Crippen molar-refractivity contribution in [3.05, 3.63) is 35.4 Å². The van der Waals surface area contributed by atoms with E-state index in [1.807, 2.05) is 5.32 Å². The topological polar surface area (TPSA) is 57.4 Å². The highest BCUT2D eigenvalue weighted by atomic mass is 16.6. The van der Waals surface area contributed by atoms with Gasteiger partial charge in [-0.15, -0.1) is 0 Å². The Morgan fingerprint density at radius 1 is 1.62 bits per heavy atom. The summed E-state index contributed by atoms with van der Waals surface area (Å²) < 4.78 is 132. The number of hydrogen-bond donors (Lipinski definition) is 2. The molecule has 1 atom stereocenters. The summed E-state index contributed by atoms with van der Waals surface area (Å²) in [6.45, 7) is -10.8. The lowest BCUT2D eigenvalue weighted by Crippen LogP contribution is -2.28. The van der Waals surface area contributed by atoms with Crippen molar-refractivity contribution in [2.75, 3.05) is 27.1 Å². The van der Waals surface area contributed by atoms with Gasteiger partial charge in [-0.05, 0) is 49.9 Å². The number of aromatic nitrogens is 1. The van der Waals surface area contributed by atoms with Gasteiger partial charge in [0.05, 0.1) is 14.3 Å². The molecule has 2 aromatic rings. The number of benzene rings is 1. The quantitative estimate of drug-likeness (QED) is 0.887. The maximum absolute atomic E-state index is 11.6. The van der Waals surface area contributed by atoms with Gasteiger partial charge in [0.2, 0.25) is 0 Å².